The van der Waals surface area contributed by atoms with E-state index in [0.29, 0.717) is 19.4 Å². The number of Topliss-reactive ketones (excluding diaryl/α,β-unsaturated/α-hetero) is 2. The van der Waals surface area contributed by atoms with Crippen molar-refractivity contribution in [3.05, 3.63) is 35.9 Å². The van der Waals surface area contributed by atoms with Crippen LogP contribution in [0, 0.1) is 35.5 Å². The van der Waals surface area contributed by atoms with Crippen molar-refractivity contribution in [2.24, 2.45) is 35.5 Å². The third-order valence-electron chi connectivity index (χ3n) is 11.5. The molecule has 1 unspecified atom stereocenters. The fourth-order valence-electron chi connectivity index (χ4n) is 8.15. The van der Waals surface area contributed by atoms with Crippen molar-refractivity contribution in [1.82, 2.24) is 15.1 Å². The Bertz CT molecular complexity index is 1320. The van der Waals surface area contributed by atoms with Gasteiger partial charge in [-0.25, -0.2) is 0 Å². The monoisotopic (exact) mass is 744 g/mol. The number of hydrogen-bond acceptors (Lipinski definition) is 9. The number of ketones is 2. The second kappa shape index (κ2) is 22.3. The number of esters is 1. The van der Waals surface area contributed by atoms with E-state index in [9.17, 15) is 24.0 Å². The van der Waals surface area contributed by atoms with Crippen molar-refractivity contribution >= 4 is 29.4 Å². The Labute approximate surface area is 319 Å². The van der Waals surface area contributed by atoms with E-state index in [1.807, 2.05) is 65.0 Å². The zero-order valence-electron chi connectivity index (χ0n) is 34.6. The highest BCUT2D eigenvalue weighted by molar-refractivity contribution is 5.90. The Hall–Kier alpha value is -3.15. The highest BCUT2D eigenvalue weighted by Gasteiger charge is 2.43. The lowest BCUT2D eigenvalue weighted by molar-refractivity contribution is -0.150. The van der Waals surface area contributed by atoms with Crippen molar-refractivity contribution in [3.8, 4) is 0 Å². The predicted octanol–water partition coefficient (Wildman–Crippen LogP) is 5.37. The standard InChI is InChI=1S/C42H69N3O8/c1-13-28(6)39(44(9)41(49)32(26(2)3)24-35(47)38(43-8)27(4)5)36(51-10)25-37(48)45-21-17-20-33(45)40(52-11)29(7)34(46)23-31(42(50)53-12)22-30-18-15-14-16-19-30/h14-16,18-19,26-29,31-33,36,38-40,43H,13,17,20-25H2,1-12H3/t28-,29-,31+,32?,33-,36+,38-,39-,40+/m0/s1. The molecule has 2 amide bonds. The highest BCUT2D eigenvalue weighted by atomic mass is 16.5. The summed E-state index contributed by atoms with van der Waals surface area (Å²) in [7, 11) is 8.00. The predicted molar refractivity (Wildman–Crippen MR) is 207 cm³/mol. The van der Waals surface area contributed by atoms with Crippen LogP contribution in [0.1, 0.15) is 92.6 Å². The quantitative estimate of drug-likeness (QED) is 0.147. The SMILES string of the molecule is CC[C@H](C)[C@@H]([C@@H](CC(=O)N1CCC[C@H]1[C@H](OC)[C@@H](C)C(=O)C[C@@H](Cc1ccccc1)C(=O)OC)OC)N(C)C(=O)C(CC(=O)[C@@H](NC)C(C)C)C(C)C. The average molecular weight is 744 g/mol. The summed E-state index contributed by atoms with van der Waals surface area (Å²) in [5.41, 5.74) is 0.941. The summed E-state index contributed by atoms with van der Waals surface area (Å²) in [5, 5.41) is 3.11. The minimum absolute atomic E-state index is 0.00199. The molecule has 1 aromatic rings. The minimum atomic E-state index is -0.635. The van der Waals surface area contributed by atoms with Crippen LogP contribution in [0.2, 0.25) is 0 Å². The van der Waals surface area contributed by atoms with E-state index in [0.717, 1.165) is 18.4 Å². The van der Waals surface area contributed by atoms with Gasteiger partial charge in [-0.15, -0.1) is 0 Å². The van der Waals surface area contributed by atoms with Crippen LogP contribution in [0.5, 0.6) is 0 Å². The Kier molecular flexibility index (Phi) is 19.3. The number of nitrogens with zero attached hydrogens (tertiary/aromatic N) is 2. The van der Waals surface area contributed by atoms with Gasteiger partial charge in [0.1, 0.15) is 5.78 Å². The van der Waals surface area contributed by atoms with Crippen LogP contribution >= 0.6 is 0 Å². The van der Waals surface area contributed by atoms with Crippen molar-refractivity contribution in [2.45, 2.75) is 124 Å². The van der Waals surface area contributed by atoms with Crippen molar-refractivity contribution in [1.29, 1.82) is 0 Å². The van der Waals surface area contributed by atoms with Crippen LogP contribution in [-0.2, 0) is 44.6 Å². The molecule has 53 heavy (non-hydrogen) atoms. The summed E-state index contributed by atoms with van der Waals surface area (Å²) < 4.78 is 17.1. The lowest BCUT2D eigenvalue weighted by atomic mass is 9.84. The molecule has 1 heterocycles. The molecule has 0 saturated carbocycles. The number of methoxy groups -OCH3 is 3. The molecule has 0 spiro atoms. The summed E-state index contributed by atoms with van der Waals surface area (Å²) >= 11 is 0. The first-order chi connectivity index (χ1) is 25.1. The van der Waals surface area contributed by atoms with Gasteiger partial charge in [0.15, 0.2) is 5.78 Å². The van der Waals surface area contributed by atoms with Crippen molar-refractivity contribution in [3.63, 3.8) is 0 Å². The number of ether oxygens (including phenoxy) is 3. The first-order valence-electron chi connectivity index (χ1n) is 19.5. The fraction of sp³-hybridized carbons (Fsp3) is 0.738. The largest absolute Gasteiger partial charge is 0.469 e. The third kappa shape index (κ3) is 12.4. The number of amides is 2. The van der Waals surface area contributed by atoms with Gasteiger partial charge in [0, 0.05) is 52.5 Å². The third-order valence-corrected chi connectivity index (χ3v) is 11.5. The molecule has 1 saturated heterocycles. The maximum absolute atomic E-state index is 14.2. The molecule has 11 nitrogen and oxygen atoms in total. The summed E-state index contributed by atoms with van der Waals surface area (Å²) in [6, 6.07) is 8.45. The van der Waals surface area contributed by atoms with E-state index >= 15 is 0 Å². The van der Waals surface area contributed by atoms with E-state index in [1.165, 1.54) is 7.11 Å². The zero-order chi connectivity index (χ0) is 40.0. The van der Waals surface area contributed by atoms with Crippen LogP contribution < -0.4 is 5.32 Å². The molecule has 1 aliphatic heterocycles. The van der Waals surface area contributed by atoms with Crippen LogP contribution in [-0.4, -0.2) is 111 Å². The molecule has 1 N–H and O–H groups in total. The molecule has 0 radical (unpaired) electrons. The maximum Gasteiger partial charge on any atom is 0.309 e. The van der Waals surface area contributed by atoms with Gasteiger partial charge in [0.2, 0.25) is 11.8 Å². The molecule has 2 rings (SSSR count). The average Bonchev–Trinajstić information content (AvgIpc) is 3.62. The van der Waals surface area contributed by atoms with E-state index in [2.05, 4.69) is 19.2 Å². The van der Waals surface area contributed by atoms with E-state index in [4.69, 9.17) is 14.2 Å². The van der Waals surface area contributed by atoms with Crippen LogP contribution in [0.4, 0.5) is 0 Å². The van der Waals surface area contributed by atoms with Crippen molar-refractivity contribution < 1.29 is 38.2 Å². The number of rotatable bonds is 23. The summed E-state index contributed by atoms with van der Waals surface area (Å²) in [6.45, 7) is 14.3. The number of benzene rings is 1. The van der Waals surface area contributed by atoms with Gasteiger partial charge in [-0.3, -0.25) is 24.0 Å². The van der Waals surface area contributed by atoms with Gasteiger partial charge in [-0.1, -0.05) is 85.2 Å². The molecule has 11 heteroatoms. The van der Waals surface area contributed by atoms with Crippen LogP contribution in [0.3, 0.4) is 0 Å². The maximum atomic E-state index is 14.2. The number of nitrogens with one attached hydrogen (secondary N) is 1. The Morgan fingerprint density at radius 3 is 2.04 bits per heavy atom. The molecular weight excluding hydrogens is 674 g/mol. The number of carbonyl (C=O) groups excluding carboxylic acids is 5. The van der Waals surface area contributed by atoms with Gasteiger partial charge in [-0.05, 0) is 49.6 Å². The molecule has 9 atom stereocenters. The molecule has 0 aromatic heterocycles. The van der Waals surface area contributed by atoms with Gasteiger partial charge in [0.05, 0.1) is 49.8 Å². The lowest BCUT2D eigenvalue weighted by Crippen LogP contribution is -2.54. The van der Waals surface area contributed by atoms with Crippen LogP contribution in [0.25, 0.3) is 0 Å². The fourth-order valence-corrected chi connectivity index (χ4v) is 8.15. The number of hydrogen-bond donors (Lipinski definition) is 1. The topological polar surface area (TPSA) is 132 Å². The number of likely N-dealkylation sites (N-methyl/N-ethyl adjacent to an activating group) is 2. The van der Waals surface area contributed by atoms with E-state index in [-0.39, 0.29) is 72.5 Å². The molecule has 300 valence electrons. The summed E-state index contributed by atoms with van der Waals surface area (Å²) in [4.78, 5) is 71.7. The highest BCUT2D eigenvalue weighted by Crippen LogP contribution is 2.32. The normalized spacial score (nSPS) is 19.2. The minimum Gasteiger partial charge on any atom is -0.469 e. The molecule has 0 aliphatic carbocycles. The van der Waals surface area contributed by atoms with Gasteiger partial charge in [-0.2, -0.15) is 0 Å². The van der Waals surface area contributed by atoms with E-state index in [1.54, 1.807) is 38.1 Å². The number of carbonyl (C=O) groups is 5. The zero-order valence-corrected chi connectivity index (χ0v) is 34.6. The lowest BCUT2D eigenvalue weighted by Gasteiger charge is -2.41. The van der Waals surface area contributed by atoms with E-state index < -0.39 is 42.0 Å². The number of likely N-dealkylation sites (tertiary alicyclic amines) is 1. The first-order valence-corrected chi connectivity index (χ1v) is 19.5. The second-order valence-electron chi connectivity index (χ2n) is 15.7. The molecule has 1 aromatic carbocycles. The van der Waals surface area contributed by atoms with Crippen LogP contribution in [0.15, 0.2) is 30.3 Å². The Balaban J connectivity index is 2.27. The molecule has 1 fully saturated rings. The van der Waals surface area contributed by atoms with Gasteiger partial charge in [0.25, 0.3) is 0 Å². The smallest absolute Gasteiger partial charge is 0.309 e. The summed E-state index contributed by atoms with van der Waals surface area (Å²) in [5.74, 6) is -2.51. The van der Waals surface area contributed by atoms with Gasteiger partial charge >= 0.3 is 5.97 Å². The molecule has 1 aliphatic rings. The Morgan fingerprint density at radius 1 is 0.887 bits per heavy atom. The molecular formula is C42H69N3O8. The second-order valence-corrected chi connectivity index (χ2v) is 15.7. The first kappa shape index (κ1) is 46.0. The van der Waals surface area contributed by atoms with Gasteiger partial charge < -0.3 is 29.3 Å². The summed E-state index contributed by atoms with van der Waals surface area (Å²) in [6.07, 6.45) is 1.57. The van der Waals surface area contributed by atoms with Crippen molar-refractivity contribution in [2.75, 3.05) is 42.0 Å². The molecule has 0 bridgehead atoms. The Morgan fingerprint density at radius 2 is 1.53 bits per heavy atom.